The molecule has 0 spiro atoms. The largest absolute Gasteiger partial charge is 0.376 e. The van der Waals surface area contributed by atoms with E-state index in [1.165, 1.54) is 0 Å². The number of fused-ring (bicyclic) bond motifs is 1. The topological polar surface area (TPSA) is 75.8 Å². The molecule has 0 aromatic carbocycles. The van der Waals surface area contributed by atoms with Gasteiger partial charge in [-0.25, -0.2) is 0 Å². The van der Waals surface area contributed by atoms with E-state index in [9.17, 15) is 0 Å². The first kappa shape index (κ1) is 16.9. The first-order valence-corrected chi connectivity index (χ1v) is 7.21. The molecule has 22 heavy (non-hydrogen) atoms. The summed E-state index contributed by atoms with van der Waals surface area (Å²) >= 11 is 0. The summed E-state index contributed by atoms with van der Waals surface area (Å²) in [5.74, 6) is 1.60. The highest BCUT2D eigenvalue weighted by atomic mass is 127. The minimum absolute atomic E-state index is 0. The van der Waals surface area contributed by atoms with Gasteiger partial charge in [0.2, 0.25) is 0 Å². The molecule has 1 saturated heterocycles. The second-order valence-corrected chi connectivity index (χ2v) is 4.99. The Kier molecular flexibility index (Phi) is 6.37. The Morgan fingerprint density at radius 1 is 1.41 bits per heavy atom. The predicted molar refractivity (Wildman–Crippen MR) is 95.6 cm³/mol. The molecule has 1 fully saturated rings. The minimum Gasteiger partial charge on any atom is -0.376 e. The molecule has 8 heteroatoms. The third kappa shape index (κ3) is 4.07. The summed E-state index contributed by atoms with van der Waals surface area (Å²) in [5, 5.41) is 14.8. The van der Waals surface area contributed by atoms with Crippen LogP contribution in [0.4, 0.5) is 0 Å². The Morgan fingerprint density at radius 2 is 2.32 bits per heavy atom. The summed E-state index contributed by atoms with van der Waals surface area (Å²) in [4.78, 5) is 4.21. The molecule has 1 aliphatic heterocycles. The summed E-state index contributed by atoms with van der Waals surface area (Å²) in [6, 6.07) is 5.84. The number of hydrogen-bond donors (Lipinski definition) is 2. The summed E-state index contributed by atoms with van der Waals surface area (Å²) in [7, 11) is 1.76. The zero-order valence-corrected chi connectivity index (χ0v) is 14.9. The summed E-state index contributed by atoms with van der Waals surface area (Å²) in [6.45, 7) is 2.21. The van der Waals surface area contributed by atoms with Crippen molar-refractivity contribution in [1.82, 2.24) is 25.2 Å². The molecule has 0 amide bonds. The Labute approximate surface area is 146 Å². The van der Waals surface area contributed by atoms with E-state index in [0.717, 1.165) is 43.4 Å². The molecule has 3 heterocycles. The van der Waals surface area contributed by atoms with Gasteiger partial charge in [-0.15, -0.1) is 34.2 Å². The van der Waals surface area contributed by atoms with Crippen LogP contribution in [0.3, 0.4) is 0 Å². The molecule has 2 aromatic heterocycles. The van der Waals surface area contributed by atoms with Crippen molar-refractivity contribution < 1.29 is 4.74 Å². The van der Waals surface area contributed by atoms with Crippen LogP contribution >= 0.6 is 24.0 Å². The van der Waals surface area contributed by atoms with E-state index in [2.05, 4.69) is 25.8 Å². The number of aliphatic imine (C=N–C) groups is 1. The number of aromatic nitrogens is 3. The van der Waals surface area contributed by atoms with Crippen LogP contribution in [0.25, 0.3) is 5.65 Å². The summed E-state index contributed by atoms with van der Waals surface area (Å²) < 4.78 is 7.54. The van der Waals surface area contributed by atoms with Gasteiger partial charge in [-0.1, -0.05) is 6.07 Å². The van der Waals surface area contributed by atoms with Gasteiger partial charge < -0.3 is 15.4 Å². The van der Waals surface area contributed by atoms with Crippen LogP contribution in [-0.2, 0) is 11.3 Å². The number of nitrogens with zero attached hydrogens (tertiary/aromatic N) is 4. The number of guanidine groups is 1. The Bertz CT molecular complexity index is 623. The molecule has 1 unspecified atom stereocenters. The molecule has 0 radical (unpaired) electrons. The van der Waals surface area contributed by atoms with E-state index in [4.69, 9.17) is 4.74 Å². The van der Waals surface area contributed by atoms with E-state index >= 15 is 0 Å². The van der Waals surface area contributed by atoms with Crippen LogP contribution in [0, 0.1) is 0 Å². The fourth-order valence-corrected chi connectivity index (χ4v) is 2.41. The lowest BCUT2D eigenvalue weighted by atomic mass is 10.2. The number of hydrogen-bond acceptors (Lipinski definition) is 4. The lowest BCUT2D eigenvalue weighted by Gasteiger charge is -2.14. The van der Waals surface area contributed by atoms with Crippen LogP contribution < -0.4 is 10.6 Å². The zero-order chi connectivity index (χ0) is 14.5. The van der Waals surface area contributed by atoms with Crippen molar-refractivity contribution in [2.24, 2.45) is 4.99 Å². The highest BCUT2D eigenvalue weighted by Crippen LogP contribution is 2.10. The van der Waals surface area contributed by atoms with E-state index in [1.54, 1.807) is 7.05 Å². The monoisotopic (exact) mass is 416 g/mol. The van der Waals surface area contributed by atoms with Crippen LogP contribution in [0.15, 0.2) is 29.4 Å². The Hall–Kier alpha value is -1.42. The average Bonchev–Trinajstić information content (AvgIpc) is 3.17. The van der Waals surface area contributed by atoms with Crippen LogP contribution in [-0.4, -0.2) is 46.9 Å². The van der Waals surface area contributed by atoms with Crippen LogP contribution in [0.5, 0.6) is 0 Å². The number of pyridine rings is 1. The fraction of sp³-hybridized carbons (Fsp3) is 0.500. The molecule has 1 atom stereocenters. The lowest BCUT2D eigenvalue weighted by Crippen LogP contribution is -2.40. The van der Waals surface area contributed by atoms with Crippen molar-refractivity contribution in [2.45, 2.75) is 25.5 Å². The molecule has 1 aliphatic rings. The molecule has 7 nitrogen and oxygen atoms in total. The third-order valence-electron chi connectivity index (χ3n) is 3.54. The number of nitrogens with one attached hydrogen (secondary N) is 2. The normalized spacial score (nSPS) is 18.2. The molecule has 0 aliphatic carbocycles. The number of rotatable bonds is 4. The van der Waals surface area contributed by atoms with Gasteiger partial charge in [0, 0.05) is 26.4 Å². The molecule has 120 valence electrons. The third-order valence-corrected chi connectivity index (χ3v) is 3.54. The van der Waals surface area contributed by atoms with Crippen molar-refractivity contribution in [3.63, 3.8) is 0 Å². The maximum atomic E-state index is 5.58. The van der Waals surface area contributed by atoms with Gasteiger partial charge >= 0.3 is 0 Å². The number of ether oxygens (including phenoxy) is 1. The SMILES string of the molecule is CN=C(NCc1nnc2ccccn12)NCC1CCCO1.I. The summed E-state index contributed by atoms with van der Waals surface area (Å²) in [6.07, 6.45) is 4.50. The van der Waals surface area contributed by atoms with Crippen LogP contribution in [0.1, 0.15) is 18.7 Å². The Balaban J connectivity index is 0.00000176. The standard InChI is InChI=1S/C14H20N6O.HI/c1-15-14(16-9-11-5-4-8-21-11)17-10-13-19-18-12-6-2-3-7-20(12)13;/h2-3,6-7,11H,4-5,8-10H2,1H3,(H2,15,16,17);1H. The molecular formula is C14H21IN6O. The second-order valence-electron chi connectivity index (χ2n) is 4.99. The lowest BCUT2D eigenvalue weighted by molar-refractivity contribution is 0.114. The maximum absolute atomic E-state index is 5.58. The molecule has 3 rings (SSSR count). The first-order valence-electron chi connectivity index (χ1n) is 7.21. The highest BCUT2D eigenvalue weighted by molar-refractivity contribution is 14.0. The number of halogens is 1. The van der Waals surface area contributed by atoms with Crippen molar-refractivity contribution in [3.05, 3.63) is 30.2 Å². The Morgan fingerprint density at radius 3 is 3.09 bits per heavy atom. The highest BCUT2D eigenvalue weighted by Gasteiger charge is 2.15. The van der Waals surface area contributed by atoms with Gasteiger partial charge in [-0.3, -0.25) is 9.39 Å². The zero-order valence-electron chi connectivity index (χ0n) is 12.5. The summed E-state index contributed by atoms with van der Waals surface area (Å²) in [5.41, 5.74) is 0.844. The maximum Gasteiger partial charge on any atom is 0.191 e. The van der Waals surface area contributed by atoms with Gasteiger partial charge in [0.25, 0.3) is 0 Å². The van der Waals surface area contributed by atoms with Crippen LogP contribution in [0.2, 0.25) is 0 Å². The van der Waals surface area contributed by atoms with E-state index in [1.807, 2.05) is 28.8 Å². The van der Waals surface area contributed by atoms with Gasteiger partial charge in [0.1, 0.15) is 0 Å². The van der Waals surface area contributed by atoms with E-state index < -0.39 is 0 Å². The second kappa shape index (κ2) is 8.28. The van der Waals surface area contributed by atoms with Gasteiger partial charge in [0.05, 0.1) is 12.6 Å². The quantitative estimate of drug-likeness (QED) is 0.445. The average molecular weight is 416 g/mol. The van der Waals surface area contributed by atoms with Crippen molar-refractivity contribution in [3.8, 4) is 0 Å². The van der Waals surface area contributed by atoms with E-state index in [-0.39, 0.29) is 30.1 Å². The molecule has 0 bridgehead atoms. The predicted octanol–water partition coefficient (Wildman–Crippen LogP) is 1.19. The smallest absolute Gasteiger partial charge is 0.191 e. The molecule has 0 saturated carbocycles. The van der Waals surface area contributed by atoms with Crippen molar-refractivity contribution in [1.29, 1.82) is 0 Å². The van der Waals surface area contributed by atoms with Gasteiger partial charge in [-0.2, -0.15) is 0 Å². The molecule has 2 aromatic rings. The van der Waals surface area contributed by atoms with Gasteiger partial charge in [-0.05, 0) is 25.0 Å². The first-order chi connectivity index (χ1) is 10.4. The fourth-order valence-electron chi connectivity index (χ4n) is 2.41. The molecule has 2 N–H and O–H groups in total. The van der Waals surface area contributed by atoms with Crippen molar-refractivity contribution >= 4 is 35.6 Å². The van der Waals surface area contributed by atoms with Gasteiger partial charge in [0.15, 0.2) is 17.4 Å². The molecular weight excluding hydrogens is 395 g/mol. The minimum atomic E-state index is 0. The van der Waals surface area contributed by atoms with E-state index in [0.29, 0.717) is 6.54 Å². The van der Waals surface area contributed by atoms with Crippen molar-refractivity contribution in [2.75, 3.05) is 20.2 Å².